The molecule has 0 bridgehead atoms. The van der Waals surface area contributed by atoms with Gasteiger partial charge in [-0.1, -0.05) is 41.9 Å². The van der Waals surface area contributed by atoms with Gasteiger partial charge in [0.25, 0.3) is 0 Å². The zero-order chi connectivity index (χ0) is 12.8. The van der Waals surface area contributed by atoms with Crippen LogP contribution < -0.4 is 0 Å². The lowest BCUT2D eigenvalue weighted by molar-refractivity contribution is -0.130. The molecule has 0 amide bonds. The van der Waals surface area contributed by atoms with Gasteiger partial charge in [0.15, 0.2) is 5.78 Å². The number of halogens is 1. The van der Waals surface area contributed by atoms with Crippen LogP contribution in [0.15, 0.2) is 22.7 Å². The molecular formula is C14H19BrO2. The van der Waals surface area contributed by atoms with Crippen molar-refractivity contribution in [3.8, 4) is 0 Å². The van der Waals surface area contributed by atoms with Crippen molar-refractivity contribution >= 4 is 21.7 Å². The minimum absolute atomic E-state index is 0.139. The minimum Gasteiger partial charge on any atom is -0.366 e. The van der Waals surface area contributed by atoms with E-state index < -0.39 is 6.10 Å². The molecule has 3 heteroatoms. The standard InChI is InChI=1S/C14H19BrO2/c1-4-8-17-14(13(16)5-2)11-6-7-12(15)10(3)9-11/h6-7,9,14H,4-5,8H2,1-3H3. The Morgan fingerprint density at radius 3 is 2.65 bits per heavy atom. The quantitative estimate of drug-likeness (QED) is 0.786. The lowest BCUT2D eigenvalue weighted by atomic mass is 10.0. The van der Waals surface area contributed by atoms with Crippen LogP contribution in [0.4, 0.5) is 0 Å². The zero-order valence-corrected chi connectivity index (χ0v) is 12.2. The molecule has 17 heavy (non-hydrogen) atoms. The van der Waals surface area contributed by atoms with Gasteiger partial charge in [0.05, 0.1) is 0 Å². The zero-order valence-electron chi connectivity index (χ0n) is 10.6. The number of hydrogen-bond donors (Lipinski definition) is 0. The monoisotopic (exact) mass is 298 g/mol. The third kappa shape index (κ3) is 3.93. The van der Waals surface area contributed by atoms with E-state index in [4.69, 9.17) is 4.74 Å². The van der Waals surface area contributed by atoms with Gasteiger partial charge in [-0.2, -0.15) is 0 Å². The molecule has 1 aromatic carbocycles. The largest absolute Gasteiger partial charge is 0.366 e. The Kier molecular flexibility index (Phi) is 5.86. The van der Waals surface area contributed by atoms with Crippen LogP contribution >= 0.6 is 15.9 Å². The molecule has 0 N–H and O–H groups in total. The third-order valence-electron chi connectivity index (χ3n) is 2.61. The smallest absolute Gasteiger partial charge is 0.165 e. The van der Waals surface area contributed by atoms with Crippen molar-refractivity contribution in [2.45, 2.75) is 39.7 Å². The molecule has 94 valence electrons. The van der Waals surface area contributed by atoms with Crippen LogP contribution in [0.25, 0.3) is 0 Å². The first-order valence-electron chi connectivity index (χ1n) is 6.00. The number of ketones is 1. The molecule has 0 aliphatic carbocycles. The maximum absolute atomic E-state index is 11.9. The van der Waals surface area contributed by atoms with Gasteiger partial charge in [0, 0.05) is 17.5 Å². The summed E-state index contributed by atoms with van der Waals surface area (Å²) in [5, 5.41) is 0. The second-order valence-electron chi connectivity index (χ2n) is 4.08. The normalized spacial score (nSPS) is 12.5. The molecule has 0 fully saturated rings. The summed E-state index contributed by atoms with van der Waals surface area (Å²) >= 11 is 3.46. The van der Waals surface area contributed by atoms with Crippen LogP contribution in [0.1, 0.15) is 43.9 Å². The lowest BCUT2D eigenvalue weighted by Crippen LogP contribution is -2.16. The van der Waals surface area contributed by atoms with Crippen molar-refractivity contribution in [1.29, 1.82) is 0 Å². The summed E-state index contributed by atoms with van der Waals surface area (Å²) in [6, 6.07) is 5.93. The molecule has 1 unspecified atom stereocenters. The van der Waals surface area contributed by atoms with Gasteiger partial charge in [-0.15, -0.1) is 0 Å². The van der Waals surface area contributed by atoms with Crippen LogP contribution in [0.5, 0.6) is 0 Å². The molecule has 0 spiro atoms. The summed E-state index contributed by atoms with van der Waals surface area (Å²) in [5.74, 6) is 0.139. The van der Waals surface area contributed by atoms with E-state index in [1.807, 2.05) is 39.0 Å². The van der Waals surface area contributed by atoms with Gasteiger partial charge in [-0.3, -0.25) is 4.79 Å². The van der Waals surface area contributed by atoms with E-state index in [0.717, 1.165) is 22.0 Å². The maximum Gasteiger partial charge on any atom is 0.165 e. The van der Waals surface area contributed by atoms with Gasteiger partial charge in [0.2, 0.25) is 0 Å². The van der Waals surface area contributed by atoms with Crippen LogP contribution in [-0.2, 0) is 9.53 Å². The first kappa shape index (κ1) is 14.4. The van der Waals surface area contributed by atoms with Gasteiger partial charge in [0.1, 0.15) is 6.10 Å². The number of rotatable bonds is 6. The highest BCUT2D eigenvalue weighted by Crippen LogP contribution is 2.25. The fourth-order valence-electron chi connectivity index (χ4n) is 1.63. The predicted molar refractivity (Wildman–Crippen MR) is 73.2 cm³/mol. The summed E-state index contributed by atoms with van der Waals surface area (Å²) in [4.78, 5) is 11.9. The van der Waals surface area contributed by atoms with E-state index in [2.05, 4.69) is 15.9 Å². The summed E-state index contributed by atoms with van der Waals surface area (Å²) in [7, 11) is 0. The number of benzene rings is 1. The van der Waals surface area contributed by atoms with Crippen molar-refractivity contribution < 1.29 is 9.53 Å². The number of carbonyl (C=O) groups excluding carboxylic acids is 1. The Balaban J connectivity index is 2.95. The van der Waals surface area contributed by atoms with Crippen molar-refractivity contribution in [3.05, 3.63) is 33.8 Å². The summed E-state index contributed by atoms with van der Waals surface area (Å²) in [6.07, 6.45) is 1.01. The van der Waals surface area contributed by atoms with Gasteiger partial charge >= 0.3 is 0 Å². The average Bonchev–Trinajstić information content (AvgIpc) is 2.33. The highest BCUT2D eigenvalue weighted by molar-refractivity contribution is 9.10. The highest BCUT2D eigenvalue weighted by atomic mass is 79.9. The van der Waals surface area contributed by atoms with Crippen LogP contribution in [0.2, 0.25) is 0 Å². The van der Waals surface area contributed by atoms with Crippen LogP contribution in [0, 0.1) is 6.92 Å². The van der Waals surface area contributed by atoms with Crippen molar-refractivity contribution in [3.63, 3.8) is 0 Å². The summed E-state index contributed by atoms with van der Waals surface area (Å²) in [5.41, 5.74) is 2.07. The van der Waals surface area contributed by atoms with Crippen LogP contribution in [0.3, 0.4) is 0 Å². The molecule has 0 aliphatic rings. The Labute approximate surface area is 111 Å². The maximum atomic E-state index is 11.9. The molecule has 1 rings (SSSR count). The van der Waals surface area contributed by atoms with E-state index in [1.54, 1.807) is 0 Å². The summed E-state index contributed by atoms with van der Waals surface area (Å²) < 4.78 is 6.72. The SMILES string of the molecule is CCCOC(C(=O)CC)c1ccc(Br)c(C)c1. The molecule has 1 atom stereocenters. The number of ether oxygens (including phenoxy) is 1. The van der Waals surface area contributed by atoms with Gasteiger partial charge < -0.3 is 4.74 Å². The Morgan fingerprint density at radius 1 is 1.41 bits per heavy atom. The average molecular weight is 299 g/mol. The van der Waals surface area contributed by atoms with Crippen LogP contribution in [-0.4, -0.2) is 12.4 Å². The Morgan fingerprint density at radius 2 is 2.12 bits per heavy atom. The first-order chi connectivity index (χ1) is 8.10. The Hall–Kier alpha value is -0.670. The molecule has 0 saturated heterocycles. The van der Waals surface area contributed by atoms with Crippen molar-refractivity contribution in [2.24, 2.45) is 0 Å². The molecule has 0 saturated carbocycles. The number of aryl methyl sites for hydroxylation is 1. The number of Topliss-reactive ketones (excluding diaryl/α,β-unsaturated/α-hetero) is 1. The lowest BCUT2D eigenvalue weighted by Gasteiger charge is -2.17. The number of carbonyl (C=O) groups is 1. The third-order valence-corrected chi connectivity index (χ3v) is 3.50. The van der Waals surface area contributed by atoms with E-state index in [-0.39, 0.29) is 5.78 Å². The van der Waals surface area contributed by atoms with Gasteiger partial charge in [-0.05, 0) is 30.5 Å². The fourth-order valence-corrected chi connectivity index (χ4v) is 1.87. The second-order valence-corrected chi connectivity index (χ2v) is 4.93. The molecule has 0 heterocycles. The van der Waals surface area contributed by atoms with E-state index in [0.29, 0.717) is 13.0 Å². The molecule has 2 nitrogen and oxygen atoms in total. The first-order valence-corrected chi connectivity index (χ1v) is 6.79. The second kappa shape index (κ2) is 6.92. The minimum atomic E-state index is -0.410. The van der Waals surface area contributed by atoms with Gasteiger partial charge in [-0.25, -0.2) is 0 Å². The summed E-state index contributed by atoms with van der Waals surface area (Å²) in [6.45, 7) is 6.54. The van der Waals surface area contributed by atoms with Crippen molar-refractivity contribution in [2.75, 3.05) is 6.61 Å². The fraction of sp³-hybridized carbons (Fsp3) is 0.500. The molecule has 0 radical (unpaired) electrons. The molecule has 0 aliphatic heterocycles. The molecular weight excluding hydrogens is 280 g/mol. The predicted octanol–water partition coefficient (Wildman–Crippen LogP) is 4.20. The molecule has 0 aromatic heterocycles. The van der Waals surface area contributed by atoms with E-state index in [9.17, 15) is 4.79 Å². The number of hydrogen-bond acceptors (Lipinski definition) is 2. The van der Waals surface area contributed by atoms with Crippen molar-refractivity contribution in [1.82, 2.24) is 0 Å². The topological polar surface area (TPSA) is 26.3 Å². The Bertz CT molecular complexity index is 388. The van der Waals surface area contributed by atoms with E-state index >= 15 is 0 Å². The highest BCUT2D eigenvalue weighted by Gasteiger charge is 2.19. The van der Waals surface area contributed by atoms with E-state index in [1.165, 1.54) is 0 Å². The molecule has 1 aromatic rings.